The Hall–Kier alpha value is -0.940. The second-order valence-electron chi connectivity index (χ2n) is 6.03. The highest BCUT2D eigenvalue weighted by molar-refractivity contribution is 9.10. The number of esters is 1. The van der Waals surface area contributed by atoms with Gasteiger partial charge in [-0.25, -0.2) is 4.39 Å². The van der Waals surface area contributed by atoms with Gasteiger partial charge in [-0.2, -0.15) is 0 Å². The number of rotatable bonds is 3. The third-order valence-corrected chi connectivity index (χ3v) is 3.72. The number of carbonyl (C=O) groups excluding carboxylic acids is 1. The van der Waals surface area contributed by atoms with E-state index in [1.165, 1.54) is 25.1 Å². The van der Waals surface area contributed by atoms with Crippen LogP contribution in [0.1, 0.15) is 40.2 Å². The summed E-state index contributed by atoms with van der Waals surface area (Å²) in [7, 11) is 0. The van der Waals surface area contributed by atoms with Crippen LogP contribution in [-0.4, -0.2) is 16.7 Å². The molecule has 20 heavy (non-hydrogen) atoms. The van der Waals surface area contributed by atoms with E-state index < -0.39 is 28.9 Å². The van der Waals surface area contributed by atoms with Gasteiger partial charge in [-0.3, -0.25) is 4.79 Å². The summed E-state index contributed by atoms with van der Waals surface area (Å²) < 4.78 is 18.8. The Morgan fingerprint density at radius 1 is 1.35 bits per heavy atom. The van der Waals surface area contributed by atoms with Crippen LogP contribution >= 0.6 is 15.9 Å². The number of ether oxygens (including phenoxy) is 1. The lowest BCUT2D eigenvalue weighted by molar-refractivity contribution is -0.168. The lowest BCUT2D eigenvalue weighted by Gasteiger charge is -2.32. The van der Waals surface area contributed by atoms with E-state index in [4.69, 9.17) is 4.74 Å². The fourth-order valence-electron chi connectivity index (χ4n) is 1.68. The summed E-state index contributed by atoms with van der Waals surface area (Å²) in [6.45, 7) is 8.40. The van der Waals surface area contributed by atoms with E-state index in [0.29, 0.717) is 5.56 Å². The first kappa shape index (κ1) is 17.1. The second-order valence-corrected chi connectivity index (χ2v) is 6.89. The minimum atomic E-state index is -1.45. The van der Waals surface area contributed by atoms with E-state index in [9.17, 15) is 14.3 Å². The minimum absolute atomic E-state index is 0.242. The molecule has 0 radical (unpaired) electrons. The fourth-order valence-corrected chi connectivity index (χ4v) is 2.06. The predicted octanol–water partition coefficient (Wildman–Crippen LogP) is 3.77. The van der Waals surface area contributed by atoms with Crippen molar-refractivity contribution in [1.29, 1.82) is 0 Å². The first-order valence-corrected chi connectivity index (χ1v) is 7.15. The van der Waals surface area contributed by atoms with Crippen molar-refractivity contribution in [1.82, 2.24) is 0 Å². The average Bonchev–Trinajstić information content (AvgIpc) is 2.29. The Morgan fingerprint density at radius 3 is 2.35 bits per heavy atom. The monoisotopic (exact) mass is 346 g/mol. The molecule has 0 aromatic heterocycles. The van der Waals surface area contributed by atoms with Crippen molar-refractivity contribution >= 4 is 21.9 Å². The van der Waals surface area contributed by atoms with Gasteiger partial charge in [-0.15, -0.1) is 0 Å². The predicted molar refractivity (Wildman–Crippen MR) is 78.7 cm³/mol. The molecule has 2 atom stereocenters. The summed E-state index contributed by atoms with van der Waals surface area (Å²) in [5.41, 5.74) is -1.62. The highest BCUT2D eigenvalue weighted by Gasteiger charge is 2.38. The molecule has 112 valence electrons. The maximum Gasteiger partial charge on any atom is 0.312 e. The van der Waals surface area contributed by atoms with Crippen LogP contribution in [0, 0.1) is 11.7 Å². The van der Waals surface area contributed by atoms with Crippen molar-refractivity contribution in [2.45, 2.75) is 45.8 Å². The molecule has 0 heterocycles. The van der Waals surface area contributed by atoms with Crippen molar-refractivity contribution in [3.05, 3.63) is 34.1 Å². The van der Waals surface area contributed by atoms with Crippen molar-refractivity contribution in [3.8, 4) is 0 Å². The maximum absolute atomic E-state index is 13.2. The first-order chi connectivity index (χ1) is 8.95. The maximum atomic E-state index is 13.2. The Morgan fingerprint density at radius 2 is 1.90 bits per heavy atom. The molecule has 0 saturated carbocycles. The number of aliphatic hydroxyl groups is 1. The number of benzene rings is 1. The van der Waals surface area contributed by atoms with Gasteiger partial charge in [-0.05, 0) is 68.2 Å². The summed E-state index contributed by atoms with van der Waals surface area (Å²) >= 11 is 3.07. The summed E-state index contributed by atoms with van der Waals surface area (Å²) in [6, 6.07) is 4.17. The zero-order valence-corrected chi connectivity index (χ0v) is 13.9. The lowest BCUT2D eigenvalue weighted by Crippen LogP contribution is -2.39. The summed E-state index contributed by atoms with van der Waals surface area (Å²) in [6.07, 6.45) is 0. The molecule has 1 aromatic rings. The molecule has 0 spiro atoms. The summed E-state index contributed by atoms with van der Waals surface area (Å²) in [5.74, 6) is -1.70. The summed E-state index contributed by atoms with van der Waals surface area (Å²) in [5, 5.41) is 10.6. The molecule has 0 aliphatic carbocycles. The van der Waals surface area contributed by atoms with E-state index in [1.54, 1.807) is 27.7 Å². The Bertz CT molecular complexity index is 506. The topological polar surface area (TPSA) is 46.5 Å². The number of hydrogen-bond donors (Lipinski definition) is 1. The Kier molecular flexibility index (Phi) is 4.98. The van der Waals surface area contributed by atoms with Crippen LogP contribution in [0.25, 0.3) is 0 Å². The number of halogens is 2. The van der Waals surface area contributed by atoms with E-state index in [2.05, 4.69) is 15.9 Å². The van der Waals surface area contributed by atoms with Gasteiger partial charge in [0, 0.05) is 0 Å². The minimum Gasteiger partial charge on any atom is -0.460 e. The highest BCUT2D eigenvalue weighted by Crippen LogP contribution is 2.33. The molecule has 1 aromatic carbocycles. The molecule has 0 bridgehead atoms. The average molecular weight is 347 g/mol. The normalized spacial score (nSPS) is 16.4. The zero-order valence-electron chi connectivity index (χ0n) is 12.3. The van der Waals surface area contributed by atoms with Crippen LogP contribution in [-0.2, 0) is 15.1 Å². The smallest absolute Gasteiger partial charge is 0.312 e. The number of hydrogen-bond acceptors (Lipinski definition) is 3. The molecule has 5 heteroatoms. The SMILES string of the molecule is CC(C(=O)OC(C)(C)C)C(C)(O)c1ccc(F)c(Br)c1. The number of carbonyl (C=O) groups is 1. The quantitative estimate of drug-likeness (QED) is 0.847. The second kappa shape index (κ2) is 5.82. The van der Waals surface area contributed by atoms with E-state index in [-0.39, 0.29) is 4.47 Å². The van der Waals surface area contributed by atoms with Gasteiger partial charge in [0.1, 0.15) is 11.4 Å². The van der Waals surface area contributed by atoms with Crippen molar-refractivity contribution in [3.63, 3.8) is 0 Å². The Labute approximate surface area is 127 Å². The first-order valence-electron chi connectivity index (χ1n) is 6.36. The Balaban J connectivity index is 3.02. The van der Waals surface area contributed by atoms with Gasteiger partial charge in [0.2, 0.25) is 0 Å². The van der Waals surface area contributed by atoms with Crippen molar-refractivity contribution in [2.75, 3.05) is 0 Å². The van der Waals surface area contributed by atoms with Crippen LogP contribution in [0.5, 0.6) is 0 Å². The van der Waals surface area contributed by atoms with Gasteiger partial charge in [0.15, 0.2) is 0 Å². The van der Waals surface area contributed by atoms with Crippen molar-refractivity contribution in [2.24, 2.45) is 5.92 Å². The van der Waals surface area contributed by atoms with E-state index in [1.807, 2.05) is 0 Å². The zero-order chi connectivity index (χ0) is 15.7. The molecule has 0 fully saturated rings. The molecular formula is C15H20BrFO3. The molecule has 0 saturated heterocycles. The molecule has 3 nitrogen and oxygen atoms in total. The van der Waals surface area contributed by atoms with Gasteiger partial charge in [0.25, 0.3) is 0 Å². The summed E-state index contributed by atoms with van der Waals surface area (Å²) in [4.78, 5) is 12.1. The van der Waals surface area contributed by atoms with Gasteiger partial charge >= 0.3 is 5.97 Å². The van der Waals surface area contributed by atoms with Gasteiger partial charge in [-0.1, -0.05) is 6.07 Å². The van der Waals surface area contributed by atoms with Crippen LogP contribution < -0.4 is 0 Å². The molecule has 2 unspecified atom stereocenters. The van der Waals surface area contributed by atoms with Crippen LogP contribution in [0.4, 0.5) is 4.39 Å². The lowest BCUT2D eigenvalue weighted by atomic mass is 9.84. The largest absolute Gasteiger partial charge is 0.460 e. The molecule has 0 aliphatic rings. The third-order valence-electron chi connectivity index (χ3n) is 3.11. The highest BCUT2D eigenvalue weighted by atomic mass is 79.9. The fraction of sp³-hybridized carbons (Fsp3) is 0.533. The van der Waals surface area contributed by atoms with Gasteiger partial charge in [0.05, 0.1) is 16.0 Å². The third kappa shape index (κ3) is 4.03. The molecular weight excluding hydrogens is 327 g/mol. The molecule has 1 rings (SSSR count). The van der Waals surface area contributed by atoms with Crippen LogP contribution in [0.2, 0.25) is 0 Å². The molecule has 0 amide bonds. The van der Waals surface area contributed by atoms with Gasteiger partial charge < -0.3 is 9.84 Å². The van der Waals surface area contributed by atoms with E-state index in [0.717, 1.165) is 0 Å². The van der Waals surface area contributed by atoms with Crippen LogP contribution in [0.3, 0.4) is 0 Å². The molecule has 0 aliphatic heterocycles. The van der Waals surface area contributed by atoms with Crippen molar-refractivity contribution < 1.29 is 19.0 Å². The standard InChI is InChI=1S/C15H20BrFO3/c1-9(13(18)20-14(2,3)4)15(5,19)10-6-7-12(17)11(16)8-10/h6-9,19H,1-5H3. The molecule has 1 N–H and O–H groups in total. The van der Waals surface area contributed by atoms with Crippen LogP contribution in [0.15, 0.2) is 22.7 Å². The van der Waals surface area contributed by atoms with E-state index >= 15 is 0 Å².